The van der Waals surface area contributed by atoms with Crippen LogP contribution in [0.3, 0.4) is 0 Å². The van der Waals surface area contributed by atoms with Crippen molar-refractivity contribution in [3.8, 4) is 0 Å². The van der Waals surface area contributed by atoms with Gasteiger partial charge in [-0.2, -0.15) is 0 Å². The summed E-state index contributed by atoms with van der Waals surface area (Å²) in [5, 5.41) is 0.625. The van der Waals surface area contributed by atoms with Gasteiger partial charge in [0.2, 0.25) is 0 Å². The van der Waals surface area contributed by atoms with Crippen molar-refractivity contribution >= 4 is 17.5 Å². The van der Waals surface area contributed by atoms with Gasteiger partial charge in [0.05, 0.1) is 6.54 Å². The summed E-state index contributed by atoms with van der Waals surface area (Å²) in [7, 11) is 1.68. The number of amides is 1. The number of aromatic nitrogens is 1. The highest BCUT2D eigenvalue weighted by molar-refractivity contribution is 6.30. The summed E-state index contributed by atoms with van der Waals surface area (Å²) >= 11 is 5.98. The number of halogens is 1. The molecule has 3 aromatic rings. The molecule has 0 unspecified atom stereocenters. The van der Waals surface area contributed by atoms with E-state index >= 15 is 0 Å². The van der Waals surface area contributed by atoms with Gasteiger partial charge in [0.15, 0.2) is 0 Å². The quantitative estimate of drug-likeness (QED) is 0.455. The van der Waals surface area contributed by atoms with E-state index in [-0.39, 0.29) is 5.91 Å². The van der Waals surface area contributed by atoms with Crippen molar-refractivity contribution in [3.05, 3.63) is 94.3 Å². The molecule has 0 aliphatic carbocycles. The van der Waals surface area contributed by atoms with Crippen LogP contribution < -0.4 is 0 Å². The van der Waals surface area contributed by atoms with Crippen LogP contribution in [0.1, 0.15) is 33.6 Å². The van der Waals surface area contributed by atoms with Gasteiger partial charge < -0.3 is 14.2 Å². The van der Waals surface area contributed by atoms with Crippen molar-refractivity contribution in [2.24, 2.45) is 0 Å². The normalized spacial score (nSPS) is 10.9. The number of hydrogen-bond acceptors (Lipinski definition) is 2. The highest BCUT2D eigenvalue weighted by atomic mass is 35.5. The first-order chi connectivity index (χ1) is 14.1. The molecule has 0 spiro atoms. The van der Waals surface area contributed by atoms with E-state index in [1.807, 2.05) is 11.0 Å². The molecule has 0 saturated heterocycles. The summed E-state index contributed by atoms with van der Waals surface area (Å²) in [4.78, 5) is 15.0. The topological polar surface area (TPSA) is 34.5 Å². The average molecular weight is 411 g/mol. The van der Waals surface area contributed by atoms with Crippen LogP contribution in [0.5, 0.6) is 0 Å². The fraction of sp³-hybridized carbons (Fsp3) is 0.292. The molecule has 3 rings (SSSR count). The number of methoxy groups -OCH3 is 1. The van der Waals surface area contributed by atoms with Crippen molar-refractivity contribution in [3.63, 3.8) is 0 Å². The van der Waals surface area contributed by atoms with E-state index in [1.165, 1.54) is 11.1 Å². The predicted octanol–water partition coefficient (Wildman–Crippen LogP) is 5.18. The van der Waals surface area contributed by atoms with Crippen LogP contribution in [0, 0.1) is 6.92 Å². The number of hydrogen-bond donors (Lipinski definition) is 0. The van der Waals surface area contributed by atoms with Crippen LogP contribution in [0.15, 0.2) is 66.9 Å². The zero-order valence-electron chi connectivity index (χ0n) is 17.0. The number of ether oxygens (including phenoxy) is 1. The molecule has 0 bridgehead atoms. The molecule has 4 nitrogen and oxygen atoms in total. The van der Waals surface area contributed by atoms with E-state index < -0.39 is 0 Å². The Hall–Kier alpha value is -2.56. The van der Waals surface area contributed by atoms with Crippen molar-refractivity contribution in [2.45, 2.75) is 26.4 Å². The largest absolute Gasteiger partial charge is 0.385 e. The molecule has 0 fully saturated rings. The summed E-state index contributed by atoms with van der Waals surface area (Å²) in [6.45, 7) is 4.71. The van der Waals surface area contributed by atoms with E-state index in [2.05, 4.69) is 48.0 Å². The molecule has 1 heterocycles. The fourth-order valence-corrected chi connectivity index (χ4v) is 3.47. The molecule has 2 aromatic carbocycles. The summed E-state index contributed by atoms with van der Waals surface area (Å²) in [6, 6.07) is 19.6. The second-order valence-corrected chi connectivity index (χ2v) is 7.57. The minimum Gasteiger partial charge on any atom is -0.385 e. The number of carbonyl (C=O) groups excluding carboxylic acids is 1. The Morgan fingerprint density at radius 2 is 1.83 bits per heavy atom. The Morgan fingerprint density at radius 3 is 2.55 bits per heavy atom. The maximum Gasteiger partial charge on any atom is 0.254 e. The zero-order valence-corrected chi connectivity index (χ0v) is 17.7. The molecule has 0 radical (unpaired) electrons. The smallest absolute Gasteiger partial charge is 0.254 e. The van der Waals surface area contributed by atoms with E-state index in [9.17, 15) is 4.79 Å². The summed E-state index contributed by atoms with van der Waals surface area (Å²) in [5.74, 6) is 0.00131. The van der Waals surface area contributed by atoms with Crippen LogP contribution in [-0.4, -0.2) is 35.6 Å². The van der Waals surface area contributed by atoms with Crippen molar-refractivity contribution in [1.29, 1.82) is 0 Å². The van der Waals surface area contributed by atoms with E-state index in [0.717, 1.165) is 18.7 Å². The molecule has 0 aliphatic rings. The number of rotatable bonds is 9. The Morgan fingerprint density at radius 1 is 1.07 bits per heavy atom. The molecule has 1 amide bonds. The van der Waals surface area contributed by atoms with Crippen LogP contribution >= 0.6 is 11.6 Å². The third-order valence-electron chi connectivity index (χ3n) is 5.03. The fourth-order valence-electron chi connectivity index (χ4n) is 3.34. The van der Waals surface area contributed by atoms with E-state index in [0.29, 0.717) is 30.3 Å². The summed E-state index contributed by atoms with van der Waals surface area (Å²) in [6.07, 6.45) is 2.86. The lowest BCUT2D eigenvalue weighted by molar-refractivity contribution is 0.0720. The van der Waals surface area contributed by atoms with Crippen LogP contribution in [0.25, 0.3) is 0 Å². The van der Waals surface area contributed by atoms with Gasteiger partial charge in [0.1, 0.15) is 0 Å². The molecular weight excluding hydrogens is 384 g/mol. The standard InChI is InChI=1S/C24H27ClN2O2/c1-19-7-3-4-8-21(19)17-26-14-5-9-23(26)18-27(15-6-16-29-2)24(28)20-10-12-22(25)13-11-20/h3-5,7-14H,6,15-18H2,1-2H3. The van der Waals surface area contributed by atoms with Gasteiger partial charge in [0.25, 0.3) is 5.91 Å². The van der Waals surface area contributed by atoms with Gasteiger partial charge in [-0.05, 0) is 60.9 Å². The highest BCUT2D eigenvalue weighted by Crippen LogP contribution is 2.17. The van der Waals surface area contributed by atoms with Crippen molar-refractivity contribution in [1.82, 2.24) is 9.47 Å². The third kappa shape index (κ3) is 5.72. The maximum absolute atomic E-state index is 13.1. The monoisotopic (exact) mass is 410 g/mol. The SMILES string of the molecule is COCCCN(Cc1cccn1Cc1ccccc1C)C(=O)c1ccc(Cl)cc1. The lowest BCUT2D eigenvalue weighted by atomic mass is 10.1. The third-order valence-corrected chi connectivity index (χ3v) is 5.29. The van der Waals surface area contributed by atoms with Gasteiger partial charge in [-0.15, -0.1) is 0 Å². The first-order valence-electron chi connectivity index (χ1n) is 9.81. The van der Waals surface area contributed by atoms with Gasteiger partial charge in [-0.25, -0.2) is 0 Å². The summed E-state index contributed by atoms with van der Waals surface area (Å²) in [5.41, 5.74) is 4.29. The number of nitrogens with zero attached hydrogens (tertiary/aromatic N) is 2. The first-order valence-corrected chi connectivity index (χ1v) is 10.2. The predicted molar refractivity (Wildman–Crippen MR) is 117 cm³/mol. The molecule has 29 heavy (non-hydrogen) atoms. The molecule has 1 aromatic heterocycles. The molecule has 5 heteroatoms. The van der Waals surface area contributed by atoms with Crippen molar-refractivity contribution in [2.75, 3.05) is 20.3 Å². The second-order valence-electron chi connectivity index (χ2n) is 7.13. The second kappa shape index (κ2) is 10.3. The zero-order chi connectivity index (χ0) is 20.6. The number of benzene rings is 2. The van der Waals surface area contributed by atoms with Gasteiger partial charge in [0, 0.05) is 49.3 Å². The van der Waals surface area contributed by atoms with Gasteiger partial charge >= 0.3 is 0 Å². The Labute approximate surface area is 177 Å². The lowest BCUT2D eigenvalue weighted by Gasteiger charge is -2.24. The first kappa shape index (κ1) is 21.2. The van der Waals surface area contributed by atoms with Crippen LogP contribution in [0.2, 0.25) is 5.02 Å². The molecule has 0 saturated carbocycles. The van der Waals surface area contributed by atoms with Gasteiger partial charge in [-0.3, -0.25) is 4.79 Å². The minimum absolute atomic E-state index is 0.00131. The molecule has 0 aliphatic heterocycles. The Kier molecular flexibility index (Phi) is 7.50. The molecule has 152 valence electrons. The number of aryl methyl sites for hydroxylation is 1. The summed E-state index contributed by atoms with van der Waals surface area (Å²) < 4.78 is 7.39. The number of carbonyl (C=O) groups is 1. The van der Waals surface area contributed by atoms with Crippen LogP contribution in [0.4, 0.5) is 0 Å². The molecule has 0 N–H and O–H groups in total. The molecule has 0 atom stereocenters. The van der Waals surface area contributed by atoms with Gasteiger partial charge in [-0.1, -0.05) is 35.9 Å². The minimum atomic E-state index is 0.00131. The lowest BCUT2D eigenvalue weighted by Crippen LogP contribution is -2.33. The molecular formula is C24H27ClN2O2. The van der Waals surface area contributed by atoms with Crippen molar-refractivity contribution < 1.29 is 9.53 Å². The van der Waals surface area contributed by atoms with E-state index in [1.54, 1.807) is 31.4 Å². The average Bonchev–Trinajstić information content (AvgIpc) is 3.16. The maximum atomic E-state index is 13.1. The Bertz CT molecular complexity index is 934. The Balaban J connectivity index is 1.79. The van der Waals surface area contributed by atoms with E-state index in [4.69, 9.17) is 16.3 Å². The van der Waals surface area contributed by atoms with Crippen LogP contribution in [-0.2, 0) is 17.8 Å². The highest BCUT2D eigenvalue weighted by Gasteiger charge is 2.17.